The third-order valence-corrected chi connectivity index (χ3v) is 3.04. The van der Waals surface area contributed by atoms with E-state index < -0.39 is 0 Å². The van der Waals surface area contributed by atoms with Gasteiger partial charge in [-0.15, -0.1) is 0 Å². The Labute approximate surface area is 85.2 Å². The number of carbonyl (C=O) groups is 1. The average molecular weight is 194 g/mol. The van der Waals surface area contributed by atoms with Crippen LogP contribution in [0.3, 0.4) is 0 Å². The number of nitrogens with zero attached hydrogens (tertiary/aromatic N) is 1. The molecule has 3 nitrogen and oxygen atoms in total. The van der Waals surface area contributed by atoms with Crippen molar-refractivity contribution in [2.24, 2.45) is 0 Å². The summed E-state index contributed by atoms with van der Waals surface area (Å²) in [5.41, 5.74) is 0. The zero-order chi connectivity index (χ0) is 9.97. The first-order valence-corrected chi connectivity index (χ1v) is 5.44. The Hall–Kier alpha value is -0.830. The van der Waals surface area contributed by atoms with E-state index in [2.05, 4.69) is 11.4 Å². The van der Waals surface area contributed by atoms with Crippen molar-refractivity contribution in [3.05, 3.63) is 12.2 Å². The Balaban J connectivity index is 1.75. The van der Waals surface area contributed by atoms with Crippen molar-refractivity contribution in [3.63, 3.8) is 0 Å². The fourth-order valence-electron chi connectivity index (χ4n) is 2.25. The van der Waals surface area contributed by atoms with Gasteiger partial charge in [-0.1, -0.05) is 12.2 Å². The van der Waals surface area contributed by atoms with E-state index in [0.717, 1.165) is 19.5 Å². The SMILES string of the molecule is C/C=C/CCC(=O)N1CC2CC(C1)N2. The van der Waals surface area contributed by atoms with Crippen LogP contribution in [0.25, 0.3) is 0 Å². The van der Waals surface area contributed by atoms with Gasteiger partial charge in [0.15, 0.2) is 0 Å². The molecule has 0 aromatic carbocycles. The van der Waals surface area contributed by atoms with E-state index in [1.54, 1.807) is 0 Å². The first kappa shape index (κ1) is 9.71. The lowest BCUT2D eigenvalue weighted by atomic mass is 9.91. The highest BCUT2D eigenvalue weighted by molar-refractivity contribution is 5.76. The minimum atomic E-state index is 0.319. The smallest absolute Gasteiger partial charge is 0.222 e. The molecular formula is C11H18N2O. The average Bonchev–Trinajstić information content (AvgIpc) is 2.17. The minimum Gasteiger partial charge on any atom is -0.340 e. The molecule has 0 aliphatic carbocycles. The second-order valence-corrected chi connectivity index (χ2v) is 4.20. The molecule has 3 aliphatic heterocycles. The van der Waals surface area contributed by atoms with Crippen LogP contribution in [-0.2, 0) is 4.79 Å². The summed E-state index contributed by atoms with van der Waals surface area (Å²) in [4.78, 5) is 13.7. The number of fused-ring (bicyclic) bond motifs is 2. The summed E-state index contributed by atoms with van der Waals surface area (Å²) in [6.45, 7) is 3.83. The van der Waals surface area contributed by atoms with Crippen molar-refractivity contribution >= 4 is 5.91 Å². The normalized spacial score (nSPS) is 30.5. The van der Waals surface area contributed by atoms with Crippen molar-refractivity contribution in [2.75, 3.05) is 13.1 Å². The third-order valence-electron chi connectivity index (χ3n) is 3.04. The molecule has 0 spiro atoms. The van der Waals surface area contributed by atoms with Gasteiger partial charge in [0.2, 0.25) is 5.91 Å². The lowest BCUT2D eigenvalue weighted by Crippen LogP contribution is -2.67. The quantitative estimate of drug-likeness (QED) is 0.677. The molecule has 3 aliphatic rings. The van der Waals surface area contributed by atoms with Crippen LogP contribution in [0, 0.1) is 0 Å². The lowest BCUT2D eigenvalue weighted by molar-refractivity contribution is -0.135. The highest BCUT2D eigenvalue weighted by Gasteiger charge is 2.37. The van der Waals surface area contributed by atoms with Crippen molar-refractivity contribution in [3.8, 4) is 0 Å². The number of carbonyl (C=O) groups excluding carboxylic acids is 1. The number of rotatable bonds is 3. The van der Waals surface area contributed by atoms with Crippen LogP contribution in [0.1, 0.15) is 26.2 Å². The first-order chi connectivity index (χ1) is 6.79. The number of hydrogen-bond acceptors (Lipinski definition) is 2. The topological polar surface area (TPSA) is 32.3 Å². The van der Waals surface area contributed by atoms with E-state index >= 15 is 0 Å². The second kappa shape index (κ2) is 4.13. The van der Waals surface area contributed by atoms with Gasteiger partial charge in [0.25, 0.3) is 0 Å². The Morgan fingerprint density at radius 3 is 2.71 bits per heavy atom. The lowest BCUT2D eigenvalue weighted by Gasteiger charge is -2.48. The molecule has 78 valence electrons. The number of hydrogen-bond donors (Lipinski definition) is 1. The monoisotopic (exact) mass is 194 g/mol. The summed E-state index contributed by atoms with van der Waals surface area (Å²) in [6, 6.07) is 1.17. The minimum absolute atomic E-state index is 0.319. The summed E-state index contributed by atoms with van der Waals surface area (Å²) < 4.78 is 0. The predicted octanol–water partition coefficient (Wildman–Crippen LogP) is 0.915. The molecule has 3 heterocycles. The molecule has 1 amide bonds. The number of amides is 1. The number of nitrogens with one attached hydrogen (secondary N) is 1. The van der Waals surface area contributed by atoms with Gasteiger partial charge in [-0.25, -0.2) is 0 Å². The fraction of sp³-hybridized carbons (Fsp3) is 0.727. The van der Waals surface area contributed by atoms with Crippen LogP contribution in [0.15, 0.2) is 12.2 Å². The van der Waals surface area contributed by atoms with Crippen molar-refractivity contribution in [2.45, 2.75) is 38.3 Å². The molecule has 3 saturated heterocycles. The first-order valence-electron chi connectivity index (χ1n) is 5.44. The molecule has 3 rings (SSSR count). The van der Waals surface area contributed by atoms with Crippen LogP contribution in [-0.4, -0.2) is 36.0 Å². The maximum atomic E-state index is 11.7. The zero-order valence-corrected chi connectivity index (χ0v) is 8.70. The van der Waals surface area contributed by atoms with Gasteiger partial charge in [-0.05, 0) is 19.8 Å². The van der Waals surface area contributed by atoms with Crippen LogP contribution in [0.4, 0.5) is 0 Å². The van der Waals surface area contributed by atoms with Gasteiger partial charge in [0.05, 0.1) is 0 Å². The molecule has 2 atom stereocenters. The van der Waals surface area contributed by atoms with E-state index in [1.165, 1.54) is 6.42 Å². The Bertz CT molecular complexity index is 234. The van der Waals surface area contributed by atoms with Gasteiger partial charge in [-0.3, -0.25) is 4.79 Å². The van der Waals surface area contributed by atoms with Gasteiger partial charge < -0.3 is 10.2 Å². The standard InChI is InChI=1S/C11H18N2O/c1-2-3-4-5-11(14)13-7-9-6-10(8-13)12-9/h2-3,9-10,12H,4-8H2,1H3/b3-2+. The third kappa shape index (κ3) is 1.98. The molecule has 3 fully saturated rings. The van der Waals surface area contributed by atoms with E-state index in [9.17, 15) is 4.79 Å². The summed E-state index contributed by atoms with van der Waals surface area (Å²) >= 11 is 0. The number of piperazine rings is 1. The van der Waals surface area contributed by atoms with Gasteiger partial charge in [-0.2, -0.15) is 0 Å². The molecule has 0 aromatic rings. The Morgan fingerprint density at radius 1 is 1.50 bits per heavy atom. The summed E-state index contributed by atoms with van der Waals surface area (Å²) in [7, 11) is 0. The van der Waals surface area contributed by atoms with E-state index in [0.29, 0.717) is 24.4 Å². The Morgan fingerprint density at radius 2 is 2.14 bits per heavy atom. The van der Waals surface area contributed by atoms with Crippen LogP contribution in [0.5, 0.6) is 0 Å². The van der Waals surface area contributed by atoms with Gasteiger partial charge in [0.1, 0.15) is 0 Å². The maximum absolute atomic E-state index is 11.7. The maximum Gasteiger partial charge on any atom is 0.222 e. The summed E-state index contributed by atoms with van der Waals surface area (Å²) in [6.07, 6.45) is 6.88. The molecule has 0 radical (unpaired) electrons. The predicted molar refractivity (Wildman–Crippen MR) is 56.0 cm³/mol. The zero-order valence-electron chi connectivity index (χ0n) is 8.70. The highest BCUT2D eigenvalue weighted by Crippen LogP contribution is 2.21. The van der Waals surface area contributed by atoms with Crippen molar-refractivity contribution < 1.29 is 4.79 Å². The molecule has 2 bridgehead atoms. The summed E-state index contributed by atoms with van der Waals surface area (Å²) in [5, 5.41) is 3.42. The van der Waals surface area contributed by atoms with Crippen LogP contribution < -0.4 is 5.32 Å². The molecule has 0 saturated carbocycles. The van der Waals surface area contributed by atoms with Gasteiger partial charge >= 0.3 is 0 Å². The molecule has 0 aromatic heterocycles. The van der Waals surface area contributed by atoms with Crippen molar-refractivity contribution in [1.29, 1.82) is 0 Å². The largest absolute Gasteiger partial charge is 0.340 e. The van der Waals surface area contributed by atoms with E-state index in [1.807, 2.05) is 17.9 Å². The number of allylic oxidation sites excluding steroid dienone is 2. The van der Waals surface area contributed by atoms with Crippen molar-refractivity contribution in [1.82, 2.24) is 10.2 Å². The van der Waals surface area contributed by atoms with Crippen LogP contribution in [0.2, 0.25) is 0 Å². The van der Waals surface area contributed by atoms with E-state index in [4.69, 9.17) is 0 Å². The molecular weight excluding hydrogens is 176 g/mol. The molecule has 14 heavy (non-hydrogen) atoms. The Kier molecular flexibility index (Phi) is 2.87. The molecule has 3 heteroatoms. The molecule has 2 unspecified atom stereocenters. The van der Waals surface area contributed by atoms with Crippen LogP contribution >= 0.6 is 0 Å². The van der Waals surface area contributed by atoms with E-state index in [-0.39, 0.29) is 0 Å². The van der Waals surface area contributed by atoms with Gasteiger partial charge in [0, 0.05) is 31.6 Å². The number of piperidine rings is 1. The fourth-order valence-corrected chi connectivity index (χ4v) is 2.25. The highest BCUT2D eigenvalue weighted by atomic mass is 16.2. The second-order valence-electron chi connectivity index (χ2n) is 4.20. The summed E-state index contributed by atoms with van der Waals surface area (Å²) in [5.74, 6) is 0.319. The molecule has 1 N–H and O–H groups in total.